The molecule has 2 nitrogen and oxygen atoms in total. The SMILES string of the molecule is [B]=S(=O)(Cl)CC[C@H](C)C/C=C\C(=C)N. The summed E-state index contributed by atoms with van der Waals surface area (Å²) < 4.78 is 11.0. The van der Waals surface area contributed by atoms with Crippen LogP contribution < -0.4 is 5.73 Å². The summed E-state index contributed by atoms with van der Waals surface area (Å²) in [5.41, 5.74) is 5.89. The Morgan fingerprint density at radius 1 is 1.79 bits per heavy atom. The third kappa shape index (κ3) is 9.87. The Labute approximate surface area is 92.0 Å². The van der Waals surface area contributed by atoms with Gasteiger partial charge in [0.25, 0.3) is 0 Å². The molecule has 5 heteroatoms. The average molecular weight is 233 g/mol. The third-order valence-corrected chi connectivity index (χ3v) is 3.01. The molecule has 0 saturated carbocycles. The summed E-state index contributed by atoms with van der Waals surface area (Å²) in [4.78, 5) is 0. The van der Waals surface area contributed by atoms with E-state index >= 15 is 0 Å². The molecular formula is C9H16BClNOS. The Balaban J connectivity index is 3.77. The first kappa shape index (κ1) is 13.8. The van der Waals surface area contributed by atoms with Crippen LogP contribution >= 0.6 is 10.7 Å². The molecule has 0 rings (SSSR count). The molecule has 2 N–H and O–H groups in total. The fourth-order valence-corrected chi connectivity index (χ4v) is 1.92. The van der Waals surface area contributed by atoms with Gasteiger partial charge in [-0.1, -0.05) is 0 Å². The van der Waals surface area contributed by atoms with E-state index < -0.39 is 8.57 Å². The van der Waals surface area contributed by atoms with E-state index in [0.29, 0.717) is 17.4 Å². The van der Waals surface area contributed by atoms with Crippen LogP contribution in [-0.4, -0.2) is 16.7 Å². The van der Waals surface area contributed by atoms with Crippen LogP contribution in [0.15, 0.2) is 24.4 Å². The standard InChI is InChI=1S/C9H16BClNOS/c1-8(4-3-5-9(2)12)6-7-14(10,11)13/h3,5,8H,2,4,6-7,12H2,1H3/b5-3-/t8-,14?/m1/s1. The number of nitrogens with two attached hydrogens (primary N) is 1. The van der Waals surface area contributed by atoms with Gasteiger partial charge in [-0.05, 0) is 0 Å². The van der Waals surface area contributed by atoms with Crippen LogP contribution in [0, 0.1) is 5.92 Å². The molecule has 0 aromatic rings. The van der Waals surface area contributed by atoms with Gasteiger partial charge in [0, 0.05) is 0 Å². The van der Waals surface area contributed by atoms with E-state index in [-0.39, 0.29) is 0 Å². The summed E-state index contributed by atoms with van der Waals surface area (Å²) in [5.74, 6) is 0.751. The molecule has 0 amide bonds. The van der Waals surface area contributed by atoms with Gasteiger partial charge in [0.2, 0.25) is 0 Å². The second-order valence-corrected chi connectivity index (χ2v) is 6.71. The summed E-state index contributed by atoms with van der Waals surface area (Å²) in [7, 11) is 2.81. The van der Waals surface area contributed by atoms with Crippen LogP contribution in [-0.2, 0) is 8.57 Å². The van der Waals surface area contributed by atoms with Crippen LogP contribution in [0.3, 0.4) is 0 Å². The molecular weight excluding hydrogens is 216 g/mol. The molecule has 79 valence electrons. The van der Waals surface area contributed by atoms with Crippen molar-refractivity contribution in [2.24, 2.45) is 11.7 Å². The Kier molecular flexibility index (Phi) is 6.21. The zero-order chi connectivity index (χ0) is 11.2. The maximum atomic E-state index is 11.0. The van der Waals surface area contributed by atoms with Gasteiger partial charge in [-0.2, -0.15) is 0 Å². The van der Waals surface area contributed by atoms with Crippen molar-refractivity contribution in [1.29, 1.82) is 0 Å². The van der Waals surface area contributed by atoms with Crippen LogP contribution in [0.5, 0.6) is 0 Å². The van der Waals surface area contributed by atoms with Gasteiger partial charge in [0.15, 0.2) is 0 Å². The van der Waals surface area contributed by atoms with Gasteiger partial charge < -0.3 is 0 Å². The number of allylic oxidation sites excluding steroid dienone is 2. The zero-order valence-corrected chi connectivity index (χ0v) is 9.98. The van der Waals surface area contributed by atoms with Gasteiger partial charge >= 0.3 is 91.8 Å². The molecule has 1 radical (unpaired) electrons. The molecule has 2 atom stereocenters. The molecule has 0 fully saturated rings. The van der Waals surface area contributed by atoms with Crippen LogP contribution in [0.1, 0.15) is 19.8 Å². The minimum absolute atomic E-state index is 0.354. The van der Waals surface area contributed by atoms with Crippen molar-refractivity contribution in [3.8, 4) is 0 Å². The quantitative estimate of drug-likeness (QED) is 0.432. The summed E-state index contributed by atoms with van der Waals surface area (Å²) >= 11 is 0. The Bertz CT molecular complexity index is 311. The fraction of sp³-hybridized carbons (Fsp3) is 0.556. The van der Waals surface area contributed by atoms with E-state index in [9.17, 15) is 4.21 Å². The number of rotatable bonds is 6. The molecule has 14 heavy (non-hydrogen) atoms. The molecule has 0 aromatic heterocycles. The fourth-order valence-electron chi connectivity index (χ4n) is 0.931. The topological polar surface area (TPSA) is 43.1 Å². The molecule has 0 aliphatic carbocycles. The van der Waals surface area contributed by atoms with E-state index in [2.05, 4.69) is 6.58 Å². The van der Waals surface area contributed by atoms with Gasteiger partial charge in [-0.25, -0.2) is 0 Å². The van der Waals surface area contributed by atoms with Crippen molar-refractivity contribution in [3.05, 3.63) is 24.4 Å². The number of hydrogen-bond acceptors (Lipinski definition) is 2. The van der Waals surface area contributed by atoms with Crippen molar-refractivity contribution < 1.29 is 4.21 Å². The zero-order valence-electron chi connectivity index (χ0n) is 8.41. The Morgan fingerprint density at radius 2 is 2.36 bits per heavy atom. The van der Waals surface area contributed by atoms with E-state index in [0.717, 1.165) is 12.8 Å². The van der Waals surface area contributed by atoms with Crippen molar-refractivity contribution in [2.75, 3.05) is 5.75 Å². The van der Waals surface area contributed by atoms with E-state index in [1.165, 1.54) is 0 Å². The summed E-state index contributed by atoms with van der Waals surface area (Å²) in [6.45, 7) is 10.8. The van der Waals surface area contributed by atoms with Gasteiger partial charge in [-0.3, -0.25) is 0 Å². The molecule has 0 bridgehead atoms. The molecule has 0 aliphatic rings. The van der Waals surface area contributed by atoms with Gasteiger partial charge in [-0.15, -0.1) is 0 Å². The first-order valence-electron chi connectivity index (χ1n) is 4.41. The minimum atomic E-state index is -2.60. The molecule has 0 saturated heterocycles. The van der Waals surface area contributed by atoms with Crippen molar-refractivity contribution in [2.45, 2.75) is 19.8 Å². The molecule has 0 aromatic carbocycles. The maximum absolute atomic E-state index is 11.0. The van der Waals surface area contributed by atoms with Crippen LogP contribution in [0.2, 0.25) is 0 Å². The summed E-state index contributed by atoms with van der Waals surface area (Å²) in [5, 5.41) is 0. The Hall–Kier alpha value is -0.215. The average Bonchev–Trinajstić information content (AvgIpc) is 1.99. The third-order valence-electron chi connectivity index (χ3n) is 1.76. The van der Waals surface area contributed by atoms with Crippen molar-refractivity contribution in [1.82, 2.24) is 0 Å². The monoisotopic (exact) mass is 232 g/mol. The molecule has 0 spiro atoms. The molecule has 0 heterocycles. The van der Waals surface area contributed by atoms with E-state index in [1.54, 1.807) is 6.08 Å². The molecule has 1 unspecified atom stereocenters. The normalized spacial score (nSPS) is 17.8. The Morgan fingerprint density at radius 3 is 2.79 bits per heavy atom. The molecule has 0 aliphatic heterocycles. The van der Waals surface area contributed by atoms with E-state index in [4.69, 9.17) is 23.1 Å². The van der Waals surface area contributed by atoms with Crippen LogP contribution in [0.25, 0.3) is 0 Å². The van der Waals surface area contributed by atoms with Gasteiger partial charge in [0.05, 0.1) is 0 Å². The predicted octanol–water partition coefficient (Wildman–Crippen LogP) is 1.95. The van der Waals surface area contributed by atoms with Crippen molar-refractivity contribution in [3.63, 3.8) is 0 Å². The summed E-state index contributed by atoms with van der Waals surface area (Å²) in [6.07, 6.45) is 5.32. The van der Waals surface area contributed by atoms with Crippen LogP contribution in [0.4, 0.5) is 0 Å². The second kappa shape index (κ2) is 6.30. The number of hydrogen-bond donors (Lipinski definition) is 1. The van der Waals surface area contributed by atoms with Crippen molar-refractivity contribution >= 4 is 26.0 Å². The second-order valence-electron chi connectivity index (χ2n) is 3.45. The van der Waals surface area contributed by atoms with Gasteiger partial charge in [0.1, 0.15) is 0 Å². The summed E-state index contributed by atoms with van der Waals surface area (Å²) in [6, 6.07) is 0. The van der Waals surface area contributed by atoms with E-state index in [1.807, 2.05) is 13.0 Å². The predicted molar refractivity (Wildman–Crippen MR) is 65.5 cm³/mol. The first-order valence-corrected chi connectivity index (χ1v) is 7.03. The first-order chi connectivity index (χ1) is 6.31. The number of halogens is 1.